The van der Waals surface area contributed by atoms with Crippen molar-refractivity contribution in [3.63, 3.8) is 0 Å². The molecule has 1 aliphatic rings. The second-order valence-corrected chi connectivity index (χ2v) is 5.66. The van der Waals surface area contributed by atoms with E-state index in [0.717, 1.165) is 18.4 Å². The van der Waals surface area contributed by atoms with Gasteiger partial charge in [0, 0.05) is 37.9 Å². The molecule has 3 heterocycles. The van der Waals surface area contributed by atoms with E-state index in [1.165, 1.54) is 6.07 Å². The summed E-state index contributed by atoms with van der Waals surface area (Å²) in [6, 6.07) is 8.58. The summed E-state index contributed by atoms with van der Waals surface area (Å²) < 4.78 is 13.2. The van der Waals surface area contributed by atoms with Crippen molar-refractivity contribution in [2.75, 3.05) is 18.0 Å². The fourth-order valence-electron chi connectivity index (χ4n) is 2.78. The Labute approximate surface area is 134 Å². The van der Waals surface area contributed by atoms with Gasteiger partial charge in [0.05, 0.1) is 0 Å². The van der Waals surface area contributed by atoms with E-state index in [1.54, 1.807) is 24.5 Å². The molecule has 0 spiro atoms. The molecular weight excluding hydrogens is 295 g/mol. The first-order valence-electron chi connectivity index (χ1n) is 7.76. The number of aromatic nitrogens is 2. The molecule has 0 radical (unpaired) electrons. The van der Waals surface area contributed by atoms with E-state index >= 15 is 0 Å². The Balaban J connectivity index is 1.49. The molecule has 1 N–H and O–H groups in total. The number of hydrogen-bond acceptors (Lipinski definition) is 4. The molecule has 1 saturated heterocycles. The highest BCUT2D eigenvalue weighted by Crippen LogP contribution is 2.22. The molecule has 3 rings (SSSR count). The summed E-state index contributed by atoms with van der Waals surface area (Å²) in [6.07, 6.45) is 4.95. The van der Waals surface area contributed by atoms with E-state index in [9.17, 15) is 9.18 Å². The fraction of sp³-hybridized carbons (Fsp3) is 0.353. The van der Waals surface area contributed by atoms with E-state index in [2.05, 4.69) is 15.3 Å². The molecule has 23 heavy (non-hydrogen) atoms. The van der Waals surface area contributed by atoms with Gasteiger partial charge in [0.25, 0.3) is 0 Å². The lowest BCUT2D eigenvalue weighted by atomic mass is 9.96. The highest BCUT2D eigenvalue weighted by atomic mass is 19.1. The summed E-state index contributed by atoms with van der Waals surface area (Å²) in [5.41, 5.74) is 0.988. The SMILES string of the molecule is O=C(NCc1cccnc1)C1CCN(c2cccc(F)n2)CC1. The van der Waals surface area contributed by atoms with Crippen LogP contribution in [0.4, 0.5) is 10.2 Å². The molecule has 0 unspecified atom stereocenters. The minimum Gasteiger partial charge on any atom is -0.356 e. The third kappa shape index (κ3) is 4.03. The van der Waals surface area contributed by atoms with Gasteiger partial charge in [-0.15, -0.1) is 0 Å². The molecule has 6 heteroatoms. The lowest BCUT2D eigenvalue weighted by Crippen LogP contribution is -2.40. The Morgan fingerprint density at radius 1 is 1.26 bits per heavy atom. The number of carbonyl (C=O) groups is 1. The molecular formula is C17H19FN4O. The molecule has 0 saturated carbocycles. The number of halogens is 1. The van der Waals surface area contributed by atoms with Crippen molar-refractivity contribution >= 4 is 11.7 Å². The number of nitrogens with one attached hydrogen (secondary N) is 1. The number of carbonyl (C=O) groups excluding carboxylic acids is 1. The topological polar surface area (TPSA) is 58.1 Å². The third-order valence-electron chi connectivity index (χ3n) is 4.08. The van der Waals surface area contributed by atoms with Crippen LogP contribution >= 0.6 is 0 Å². The molecule has 5 nitrogen and oxygen atoms in total. The van der Waals surface area contributed by atoms with Crippen molar-refractivity contribution in [1.29, 1.82) is 0 Å². The molecule has 120 valence electrons. The van der Waals surface area contributed by atoms with Crippen LogP contribution in [0.3, 0.4) is 0 Å². The van der Waals surface area contributed by atoms with Crippen LogP contribution in [0.2, 0.25) is 0 Å². The quantitative estimate of drug-likeness (QED) is 0.879. The van der Waals surface area contributed by atoms with Gasteiger partial charge in [-0.2, -0.15) is 4.39 Å². The van der Waals surface area contributed by atoms with Gasteiger partial charge in [-0.3, -0.25) is 9.78 Å². The van der Waals surface area contributed by atoms with Gasteiger partial charge in [-0.25, -0.2) is 4.98 Å². The largest absolute Gasteiger partial charge is 0.356 e. The molecule has 0 aromatic carbocycles. The summed E-state index contributed by atoms with van der Waals surface area (Å²) in [5.74, 6) is 0.232. The van der Waals surface area contributed by atoms with Gasteiger partial charge in [0.15, 0.2) is 0 Å². The van der Waals surface area contributed by atoms with Crippen LogP contribution in [0, 0.1) is 11.9 Å². The first-order valence-corrected chi connectivity index (χ1v) is 7.76. The molecule has 1 amide bonds. The van der Waals surface area contributed by atoms with Crippen LogP contribution < -0.4 is 10.2 Å². The number of piperidine rings is 1. The number of rotatable bonds is 4. The normalized spacial score (nSPS) is 15.4. The van der Waals surface area contributed by atoms with Crippen molar-refractivity contribution in [2.45, 2.75) is 19.4 Å². The lowest BCUT2D eigenvalue weighted by molar-refractivity contribution is -0.125. The van der Waals surface area contributed by atoms with Crippen LogP contribution in [0.1, 0.15) is 18.4 Å². The summed E-state index contributed by atoms with van der Waals surface area (Å²) in [4.78, 5) is 22.2. The van der Waals surface area contributed by atoms with Crippen LogP contribution in [-0.4, -0.2) is 29.0 Å². The van der Waals surface area contributed by atoms with Crippen molar-refractivity contribution in [3.05, 3.63) is 54.2 Å². The Hall–Kier alpha value is -2.50. The van der Waals surface area contributed by atoms with E-state index in [4.69, 9.17) is 0 Å². The van der Waals surface area contributed by atoms with E-state index < -0.39 is 5.95 Å². The predicted octanol–water partition coefficient (Wildman–Crippen LogP) is 2.15. The molecule has 2 aromatic heterocycles. The second-order valence-electron chi connectivity index (χ2n) is 5.66. The Morgan fingerprint density at radius 3 is 2.78 bits per heavy atom. The van der Waals surface area contributed by atoms with Crippen LogP contribution in [0.5, 0.6) is 0 Å². The highest BCUT2D eigenvalue weighted by Gasteiger charge is 2.25. The Kier molecular flexibility index (Phi) is 4.80. The monoisotopic (exact) mass is 314 g/mol. The summed E-state index contributed by atoms with van der Waals surface area (Å²) in [7, 11) is 0. The van der Waals surface area contributed by atoms with Crippen molar-refractivity contribution in [1.82, 2.24) is 15.3 Å². The van der Waals surface area contributed by atoms with Gasteiger partial charge in [-0.05, 0) is 36.6 Å². The summed E-state index contributed by atoms with van der Waals surface area (Å²) in [5, 5.41) is 2.96. The second kappa shape index (κ2) is 7.17. The molecule has 2 aromatic rings. The van der Waals surface area contributed by atoms with E-state index in [-0.39, 0.29) is 11.8 Å². The maximum absolute atomic E-state index is 13.2. The van der Waals surface area contributed by atoms with Crippen LogP contribution in [0.25, 0.3) is 0 Å². The number of hydrogen-bond donors (Lipinski definition) is 1. The molecule has 0 aliphatic carbocycles. The van der Waals surface area contributed by atoms with Crippen molar-refractivity contribution in [2.24, 2.45) is 5.92 Å². The van der Waals surface area contributed by atoms with Crippen LogP contribution in [-0.2, 0) is 11.3 Å². The number of amides is 1. The minimum atomic E-state index is -0.473. The van der Waals surface area contributed by atoms with E-state index in [0.29, 0.717) is 25.5 Å². The molecule has 1 aliphatic heterocycles. The minimum absolute atomic E-state index is 0.00326. The zero-order valence-electron chi connectivity index (χ0n) is 12.8. The zero-order chi connectivity index (χ0) is 16.1. The maximum atomic E-state index is 13.2. The van der Waals surface area contributed by atoms with Gasteiger partial charge in [0.1, 0.15) is 5.82 Å². The number of anilines is 1. The number of nitrogens with zero attached hydrogens (tertiary/aromatic N) is 3. The van der Waals surface area contributed by atoms with Crippen molar-refractivity contribution < 1.29 is 9.18 Å². The van der Waals surface area contributed by atoms with Crippen LogP contribution in [0.15, 0.2) is 42.7 Å². The highest BCUT2D eigenvalue weighted by molar-refractivity contribution is 5.78. The maximum Gasteiger partial charge on any atom is 0.223 e. The lowest BCUT2D eigenvalue weighted by Gasteiger charge is -2.32. The van der Waals surface area contributed by atoms with Crippen molar-refractivity contribution in [3.8, 4) is 0 Å². The molecule has 0 atom stereocenters. The Bertz CT molecular complexity index is 657. The third-order valence-corrected chi connectivity index (χ3v) is 4.08. The summed E-state index contributed by atoms with van der Waals surface area (Å²) in [6.45, 7) is 1.92. The molecule has 1 fully saturated rings. The van der Waals surface area contributed by atoms with Gasteiger partial charge in [0.2, 0.25) is 11.9 Å². The standard InChI is InChI=1S/C17H19FN4O/c18-15-4-1-5-16(21-15)22-9-6-14(7-10-22)17(23)20-12-13-3-2-8-19-11-13/h1-5,8,11,14H,6-7,9-10,12H2,(H,20,23). The van der Waals surface area contributed by atoms with Gasteiger partial charge >= 0.3 is 0 Å². The molecule has 0 bridgehead atoms. The predicted molar refractivity (Wildman–Crippen MR) is 85.2 cm³/mol. The fourth-order valence-corrected chi connectivity index (χ4v) is 2.78. The first-order chi connectivity index (χ1) is 11.2. The van der Waals surface area contributed by atoms with Gasteiger partial charge < -0.3 is 10.2 Å². The summed E-state index contributed by atoms with van der Waals surface area (Å²) >= 11 is 0. The number of pyridine rings is 2. The van der Waals surface area contributed by atoms with E-state index in [1.807, 2.05) is 17.0 Å². The first kappa shape index (κ1) is 15.4. The van der Waals surface area contributed by atoms with Gasteiger partial charge in [-0.1, -0.05) is 12.1 Å². The average Bonchev–Trinajstić information content (AvgIpc) is 2.61. The average molecular weight is 314 g/mol. The zero-order valence-corrected chi connectivity index (χ0v) is 12.8. The smallest absolute Gasteiger partial charge is 0.223 e. The Morgan fingerprint density at radius 2 is 2.09 bits per heavy atom.